The van der Waals surface area contributed by atoms with Gasteiger partial charge in [0.15, 0.2) is 0 Å². The molecule has 4 rings (SSSR count). The zero-order valence-electron chi connectivity index (χ0n) is 14.2. The Hall–Kier alpha value is -3.25. The van der Waals surface area contributed by atoms with Gasteiger partial charge in [-0.15, -0.1) is 0 Å². The molecule has 1 amide bonds. The third-order valence-electron chi connectivity index (χ3n) is 4.35. The van der Waals surface area contributed by atoms with Crippen LogP contribution in [0.25, 0.3) is 21.8 Å². The predicted octanol–water partition coefficient (Wildman–Crippen LogP) is 4.13. The van der Waals surface area contributed by atoms with Crippen molar-refractivity contribution in [1.29, 1.82) is 0 Å². The van der Waals surface area contributed by atoms with E-state index in [1.165, 1.54) is 30.6 Å². The highest BCUT2D eigenvalue weighted by Crippen LogP contribution is 2.24. The third-order valence-corrected chi connectivity index (χ3v) is 4.65. The molecule has 0 radical (unpaired) electrons. The average Bonchev–Trinajstić information content (AvgIpc) is 2.65. The van der Waals surface area contributed by atoms with Gasteiger partial charge >= 0.3 is 0 Å². The van der Waals surface area contributed by atoms with E-state index in [9.17, 15) is 14.0 Å². The molecule has 2 aromatic heterocycles. The number of rotatable bonds is 2. The largest absolute Gasteiger partial charge is 0.348 e. The fourth-order valence-electron chi connectivity index (χ4n) is 3.10. The Morgan fingerprint density at radius 2 is 2.00 bits per heavy atom. The fourth-order valence-corrected chi connectivity index (χ4v) is 3.41. The van der Waals surface area contributed by atoms with Gasteiger partial charge in [-0.2, -0.15) is 0 Å². The lowest BCUT2D eigenvalue weighted by Gasteiger charge is -2.12. The number of carbonyl (C=O) groups is 1. The molecule has 0 bridgehead atoms. The highest BCUT2D eigenvalue weighted by Gasteiger charge is 2.17. The van der Waals surface area contributed by atoms with Crippen LogP contribution in [0.3, 0.4) is 0 Å². The van der Waals surface area contributed by atoms with Gasteiger partial charge in [0.05, 0.1) is 21.7 Å². The number of carbonyl (C=O) groups excluding carboxylic acids is 1. The van der Waals surface area contributed by atoms with E-state index in [1.54, 1.807) is 35.9 Å². The number of halogens is 2. The van der Waals surface area contributed by atoms with Crippen LogP contribution in [0, 0.1) is 5.82 Å². The molecule has 0 saturated carbocycles. The van der Waals surface area contributed by atoms with Gasteiger partial charge in [-0.3, -0.25) is 14.6 Å². The number of benzene rings is 2. The zero-order chi connectivity index (χ0) is 19.1. The van der Waals surface area contributed by atoms with E-state index in [-0.39, 0.29) is 5.56 Å². The summed E-state index contributed by atoms with van der Waals surface area (Å²) in [7, 11) is 1.71. The van der Waals surface area contributed by atoms with E-state index < -0.39 is 17.2 Å². The number of fused-ring (bicyclic) bond motifs is 2. The molecule has 0 spiro atoms. The van der Waals surface area contributed by atoms with Crippen LogP contribution in [0.4, 0.5) is 10.1 Å². The van der Waals surface area contributed by atoms with E-state index in [0.29, 0.717) is 32.5 Å². The second-order valence-electron chi connectivity index (χ2n) is 6.09. The van der Waals surface area contributed by atoms with E-state index >= 15 is 0 Å². The highest BCUT2D eigenvalue weighted by atomic mass is 35.5. The quantitative estimate of drug-likeness (QED) is 0.567. The first-order valence-electron chi connectivity index (χ1n) is 8.09. The van der Waals surface area contributed by atoms with Crippen molar-refractivity contribution in [3.8, 4) is 0 Å². The number of para-hydroxylation sites is 1. The summed E-state index contributed by atoms with van der Waals surface area (Å²) in [5.41, 5.74) is 1.00. The van der Waals surface area contributed by atoms with Gasteiger partial charge in [0.25, 0.3) is 5.91 Å². The van der Waals surface area contributed by atoms with Crippen LogP contribution in [0.1, 0.15) is 10.4 Å². The average molecular weight is 382 g/mol. The van der Waals surface area contributed by atoms with E-state index in [0.717, 1.165) is 0 Å². The number of hydrogen-bond acceptors (Lipinski definition) is 3. The monoisotopic (exact) mass is 381 g/mol. The molecule has 0 aliphatic heterocycles. The van der Waals surface area contributed by atoms with Crippen molar-refractivity contribution in [3.05, 3.63) is 81.5 Å². The lowest BCUT2D eigenvalue weighted by atomic mass is 10.1. The summed E-state index contributed by atoms with van der Waals surface area (Å²) in [4.78, 5) is 29.7. The molecule has 0 saturated heterocycles. The van der Waals surface area contributed by atoms with Crippen LogP contribution in [-0.2, 0) is 7.05 Å². The smallest absolute Gasteiger partial charge is 0.261 e. The molecule has 134 valence electrons. The molecule has 2 aromatic carbocycles. The van der Waals surface area contributed by atoms with Gasteiger partial charge < -0.3 is 9.88 Å². The highest BCUT2D eigenvalue weighted by molar-refractivity contribution is 6.35. The molecule has 4 aromatic rings. The number of nitrogens with zero attached hydrogens (tertiary/aromatic N) is 2. The van der Waals surface area contributed by atoms with Crippen LogP contribution in [0.2, 0.25) is 5.02 Å². The molecule has 0 unspecified atom stereocenters. The third kappa shape index (κ3) is 2.94. The van der Waals surface area contributed by atoms with Gasteiger partial charge in [0.1, 0.15) is 11.4 Å². The second kappa shape index (κ2) is 6.48. The minimum Gasteiger partial charge on any atom is -0.348 e. The minimum absolute atomic E-state index is 0.0337. The van der Waals surface area contributed by atoms with Crippen molar-refractivity contribution in [1.82, 2.24) is 9.55 Å². The summed E-state index contributed by atoms with van der Waals surface area (Å²) < 4.78 is 15.2. The predicted molar refractivity (Wildman–Crippen MR) is 104 cm³/mol. The lowest BCUT2D eigenvalue weighted by molar-refractivity contribution is 0.102. The first kappa shape index (κ1) is 17.2. The summed E-state index contributed by atoms with van der Waals surface area (Å²) >= 11 is 6.17. The molecule has 27 heavy (non-hydrogen) atoms. The number of hydrogen-bond donors (Lipinski definition) is 1. The topological polar surface area (TPSA) is 64.0 Å². The molecular weight excluding hydrogens is 369 g/mol. The Labute approximate surface area is 158 Å². The van der Waals surface area contributed by atoms with Crippen molar-refractivity contribution in [2.75, 3.05) is 5.32 Å². The minimum atomic E-state index is -0.589. The molecule has 1 N–H and O–H groups in total. The van der Waals surface area contributed by atoms with Crippen molar-refractivity contribution in [2.45, 2.75) is 0 Å². The molecule has 7 heteroatoms. The summed E-state index contributed by atoms with van der Waals surface area (Å²) in [6.07, 6.45) is 2.95. The number of anilines is 1. The maximum Gasteiger partial charge on any atom is 0.261 e. The number of aromatic nitrogens is 2. The van der Waals surface area contributed by atoms with Crippen molar-refractivity contribution in [3.63, 3.8) is 0 Å². The van der Waals surface area contributed by atoms with Crippen molar-refractivity contribution in [2.24, 2.45) is 7.05 Å². The van der Waals surface area contributed by atoms with Crippen molar-refractivity contribution >= 4 is 45.0 Å². The van der Waals surface area contributed by atoms with E-state index in [2.05, 4.69) is 10.3 Å². The molecule has 0 aliphatic rings. The van der Waals surface area contributed by atoms with Crippen LogP contribution < -0.4 is 10.7 Å². The normalized spacial score (nSPS) is 11.1. The van der Waals surface area contributed by atoms with Gasteiger partial charge in [-0.25, -0.2) is 4.39 Å². The number of pyridine rings is 2. The van der Waals surface area contributed by atoms with Crippen LogP contribution in [0.5, 0.6) is 0 Å². The fraction of sp³-hybridized carbons (Fsp3) is 0.0500. The second-order valence-corrected chi connectivity index (χ2v) is 6.50. The van der Waals surface area contributed by atoms with Crippen LogP contribution >= 0.6 is 11.6 Å². The van der Waals surface area contributed by atoms with Gasteiger partial charge in [-0.05, 0) is 36.4 Å². The molecule has 0 fully saturated rings. The maximum absolute atomic E-state index is 13.6. The van der Waals surface area contributed by atoms with Gasteiger partial charge in [0, 0.05) is 30.2 Å². The Bertz CT molecular complexity index is 1280. The Kier molecular flexibility index (Phi) is 4.12. The molecule has 2 heterocycles. The Morgan fingerprint density at radius 3 is 2.81 bits per heavy atom. The van der Waals surface area contributed by atoms with E-state index in [4.69, 9.17) is 11.6 Å². The molecule has 5 nitrogen and oxygen atoms in total. The summed E-state index contributed by atoms with van der Waals surface area (Å²) in [5.74, 6) is -1.03. The first-order chi connectivity index (χ1) is 13.0. The van der Waals surface area contributed by atoms with Gasteiger partial charge in [-0.1, -0.05) is 17.7 Å². The SMILES string of the molecule is Cn1cc(C(=O)Nc2ccnc3ccc(F)cc23)c(=O)c2cccc(Cl)c21. The van der Waals surface area contributed by atoms with E-state index in [1.807, 2.05) is 0 Å². The van der Waals surface area contributed by atoms with Crippen molar-refractivity contribution < 1.29 is 9.18 Å². The van der Waals surface area contributed by atoms with Crippen LogP contribution in [-0.4, -0.2) is 15.5 Å². The lowest BCUT2D eigenvalue weighted by Crippen LogP contribution is -2.23. The Balaban J connectivity index is 1.82. The summed E-state index contributed by atoms with van der Waals surface area (Å²) in [5, 5.41) is 3.91. The molecule has 0 atom stereocenters. The standard InChI is InChI=1S/C20H13ClFN3O2/c1-25-10-14(19(26)12-3-2-4-15(21)18(12)25)20(27)24-17-7-8-23-16-6-5-11(22)9-13(16)17/h2-10H,1H3,(H,23,24,27). The number of nitrogens with one attached hydrogen (secondary N) is 1. The molecular formula is C20H13ClFN3O2. The maximum atomic E-state index is 13.6. The number of amides is 1. The van der Waals surface area contributed by atoms with Crippen LogP contribution in [0.15, 0.2) is 59.7 Å². The van der Waals surface area contributed by atoms with Gasteiger partial charge in [0.2, 0.25) is 5.43 Å². The first-order valence-corrected chi connectivity index (χ1v) is 8.47. The zero-order valence-corrected chi connectivity index (χ0v) is 14.9. The Morgan fingerprint density at radius 1 is 1.19 bits per heavy atom. The number of aryl methyl sites for hydroxylation is 1. The summed E-state index contributed by atoms with van der Waals surface area (Å²) in [6, 6.07) is 10.6. The summed E-state index contributed by atoms with van der Waals surface area (Å²) in [6.45, 7) is 0. The molecule has 0 aliphatic carbocycles.